The lowest BCUT2D eigenvalue weighted by atomic mass is 10.2. The van der Waals surface area contributed by atoms with Crippen LogP contribution in [0.4, 0.5) is 11.4 Å². The van der Waals surface area contributed by atoms with Gasteiger partial charge >= 0.3 is 0 Å². The number of anilines is 2. The maximum absolute atomic E-state index is 6.07. The molecule has 0 aliphatic carbocycles. The van der Waals surface area contributed by atoms with E-state index in [-0.39, 0.29) is 0 Å². The number of fused-ring (bicyclic) bond motifs is 1. The molecule has 1 heterocycles. The summed E-state index contributed by atoms with van der Waals surface area (Å²) in [6, 6.07) is 4.07. The van der Waals surface area contributed by atoms with Crippen LogP contribution in [0, 0.1) is 6.92 Å². The summed E-state index contributed by atoms with van der Waals surface area (Å²) < 4.78 is 1.16. The van der Waals surface area contributed by atoms with Crippen molar-refractivity contribution in [3.8, 4) is 0 Å². The van der Waals surface area contributed by atoms with E-state index >= 15 is 0 Å². The third-order valence-corrected chi connectivity index (χ3v) is 3.95. The molecule has 0 spiro atoms. The summed E-state index contributed by atoms with van der Waals surface area (Å²) >= 11 is 1.69. The Kier molecular flexibility index (Phi) is 4.61. The molecule has 1 aromatic heterocycles. The zero-order chi connectivity index (χ0) is 13.8. The smallest absolute Gasteiger partial charge is 0.0907 e. The summed E-state index contributed by atoms with van der Waals surface area (Å²) in [4.78, 5) is 6.71. The van der Waals surface area contributed by atoms with Gasteiger partial charge in [-0.25, -0.2) is 4.98 Å². The minimum Gasteiger partial charge on any atom is -0.397 e. The van der Waals surface area contributed by atoms with Gasteiger partial charge in [0.05, 0.1) is 26.6 Å². The molecular formula is C14H22N4S. The molecule has 0 saturated carbocycles. The van der Waals surface area contributed by atoms with Crippen LogP contribution in [-0.4, -0.2) is 37.1 Å². The lowest BCUT2D eigenvalue weighted by molar-refractivity contribution is 0.396. The largest absolute Gasteiger partial charge is 0.397 e. The third-order valence-electron chi connectivity index (χ3n) is 3.01. The molecule has 5 heteroatoms. The van der Waals surface area contributed by atoms with Gasteiger partial charge in [-0.2, -0.15) is 0 Å². The highest BCUT2D eigenvalue weighted by atomic mass is 32.1. The number of nitrogens with two attached hydrogens (primary N) is 1. The van der Waals surface area contributed by atoms with Gasteiger partial charge in [-0.15, -0.1) is 11.3 Å². The number of nitrogens with zero attached hydrogens (tertiary/aromatic N) is 2. The zero-order valence-electron chi connectivity index (χ0n) is 11.9. The van der Waals surface area contributed by atoms with E-state index in [2.05, 4.69) is 35.4 Å². The number of nitrogen functional groups attached to an aromatic ring is 1. The van der Waals surface area contributed by atoms with Crippen LogP contribution in [0.3, 0.4) is 0 Å². The van der Waals surface area contributed by atoms with E-state index in [0.717, 1.165) is 46.1 Å². The minimum absolute atomic E-state index is 0.809. The average molecular weight is 278 g/mol. The molecule has 19 heavy (non-hydrogen) atoms. The molecule has 2 rings (SSSR count). The first-order valence-electron chi connectivity index (χ1n) is 6.61. The first-order chi connectivity index (χ1) is 9.06. The number of unbranched alkanes of at least 4 members (excludes halogenated alkanes) is 1. The number of benzene rings is 1. The highest BCUT2D eigenvalue weighted by Crippen LogP contribution is 2.29. The van der Waals surface area contributed by atoms with Gasteiger partial charge in [-0.05, 0) is 52.5 Å². The van der Waals surface area contributed by atoms with Crippen LogP contribution >= 0.6 is 11.3 Å². The fraction of sp³-hybridized carbons (Fsp3) is 0.500. The summed E-state index contributed by atoms with van der Waals surface area (Å²) in [7, 11) is 4.20. The van der Waals surface area contributed by atoms with Crippen molar-refractivity contribution >= 4 is 32.9 Å². The Morgan fingerprint density at radius 3 is 2.84 bits per heavy atom. The van der Waals surface area contributed by atoms with Crippen LogP contribution < -0.4 is 11.1 Å². The number of aryl methyl sites for hydroxylation is 1. The van der Waals surface area contributed by atoms with E-state index in [1.807, 2.05) is 13.0 Å². The fourth-order valence-corrected chi connectivity index (χ4v) is 2.89. The maximum atomic E-state index is 6.07. The van der Waals surface area contributed by atoms with E-state index in [9.17, 15) is 0 Å². The first kappa shape index (κ1) is 14.1. The Hall–Kier alpha value is -1.33. The Morgan fingerprint density at radius 2 is 2.11 bits per heavy atom. The normalized spacial score (nSPS) is 11.4. The Morgan fingerprint density at radius 1 is 1.32 bits per heavy atom. The zero-order valence-corrected chi connectivity index (χ0v) is 12.7. The Labute approximate surface area is 118 Å². The maximum Gasteiger partial charge on any atom is 0.0907 e. The summed E-state index contributed by atoms with van der Waals surface area (Å²) in [5.74, 6) is 0. The van der Waals surface area contributed by atoms with Gasteiger partial charge in [0.1, 0.15) is 0 Å². The van der Waals surface area contributed by atoms with Crippen molar-refractivity contribution < 1.29 is 0 Å². The highest BCUT2D eigenvalue weighted by molar-refractivity contribution is 7.18. The van der Waals surface area contributed by atoms with Crippen molar-refractivity contribution in [2.45, 2.75) is 19.8 Å². The molecule has 0 fully saturated rings. The number of aromatic nitrogens is 1. The highest BCUT2D eigenvalue weighted by Gasteiger charge is 2.05. The second-order valence-electron chi connectivity index (χ2n) is 5.08. The summed E-state index contributed by atoms with van der Waals surface area (Å²) in [6.45, 7) is 4.10. The second-order valence-corrected chi connectivity index (χ2v) is 6.31. The number of rotatable bonds is 6. The molecular weight excluding hydrogens is 256 g/mol. The van der Waals surface area contributed by atoms with E-state index < -0.39 is 0 Å². The SMILES string of the molecule is Cc1nc2cc(NCCCCN(C)C)c(N)cc2s1. The Balaban J connectivity index is 1.94. The topological polar surface area (TPSA) is 54.2 Å². The molecule has 4 nitrogen and oxygen atoms in total. The summed E-state index contributed by atoms with van der Waals surface area (Å²) in [5, 5.41) is 4.49. The lowest BCUT2D eigenvalue weighted by Crippen LogP contribution is -2.14. The molecule has 1 aromatic carbocycles. The van der Waals surface area contributed by atoms with Crippen LogP contribution in [0.2, 0.25) is 0 Å². The van der Waals surface area contributed by atoms with Crippen molar-refractivity contribution in [1.29, 1.82) is 0 Å². The van der Waals surface area contributed by atoms with Crippen molar-refractivity contribution in [2.75, 3.05) is 38.2 Å². The molecule has 0 unspecified atom stereocenters. The molecule has 104 valence electrons. The van der Waals surface area contributed by atoms with E-state index in [1.54, 1.807) is 11.3 Å². The van der Waals surface area contributed by atoms with Gasteiger partial charge in [-0.1, -0.05) is 0 Å². The molecule has 2 aromatic rings. The molecule has 3 N–H and O–H groups in total. The van der Waals surface area contributed by atoms with Crippen LogP contribution in [0.15, 0.2) is 12.1 Å². The molecule has 0 radical (unpaired) electrons. The van der Waals surface area contributed by atoms with Crippen LogP contribution in [-0.2, 0) is 0 Å². The van der Waals surface area contributed by atoms with Gasteiger partial charge in [-0.3, -0.25) is 0 Å². The number of hydrogen-bond acceptors (Lipinski definition) is 5. The van der Waals surface area contributed by atoms with Crippen molar-refractivity contribution in [1.82, 2.24) is 9.88 Å². The van der Waals surface area contributed by atoms with Crippen molar-refractivity contribution in [3.63, 3.8) is 0 Å². The number of nitrogens with one attached hydrogen (secondary N) is 1. The molecule has 0 atom stereocenters. The third kappa shape index (κ3) is 3.81. The molecule has 0 saturated heterocycles. The monoisotopic (exact) mass is 278 g/mol. The number of thiazole rings is 1. The summed E-state index contributed by atoms with van der Waals surface area (Å²) in [6.07, 6.45) is 2.34. The standard InChI is InChI=1S/C14H22N4S/c1-10-17-13-9-12(11(15)8-14(13)19-10)16-6-4-5-7-18(2)3/h8-9,16H,4-7,15H2,1-3H3. The van der Waals surface area contributed by atoms with E-state index in [4.69, 9.17) is 5.73 Å². The van der Waals surface area contributed by atoms with Crippen molar-refractivity contribution in [2.24, 2.45) is 0 Å². The molecule has 0 amide bonds. The molecule has 0 aliphatic heterocycles. The first-order valence-corrected chi connectivity index (χ1v) is 7.43. The fourth-order valence-electron chi connectivity index (χ4n) is 2.03. The summed E-state index contributed by atoms with van der Waals surface area (Å²) in [5.41, 5.74) is 8.91. The van der Waals surface area contributed by atoms with Gasteiger partial charge in [0, 0.05) is 6.54 Å². The van der Waals surface area contributed by atoms with E-state index in [0.29, 0.717) is 0 Å². The molecule has 0 aliphatic rings. The van der Waals surface area contributed by atoms with Crippen molar-refractivity contribution in [3.05, 3.63) is 17.1 Å². The van der Waals surface area contributed by atoms with E-state index in [1.165, 1.54) is 6.42 Å². The number of hydrogen-bond donors (Lipinski definition) is 2. The Bertz CT molecular complexity index is 548. The predicted octanol–water partition coefficient (Wildman–Crippen LogP) is 2.94. The van der Waals surface area contributed by atoms with Crippen LogP contribution in [0.1, 0.15) is 17.8 Å². The lowest BCUT2D eigenvalue weighted by Gasteiger charge is -2.11. The average Bonchev–Trinajstić information content (AvgIpc) is 2.67. The van der Waals surface area contributed by atoms with Gasteiger partial charge in [0.15, 0.2) is 0 Å². The van der Waals surface area contributed by atoms with Gasteiger partial charge < -0.3 is 16.0 Å². The molecule has 0 bridgehead atoms. The minimum atomic E-state index is 0.809. The van der Waals surface area contributed by atoms with Crippen LogP contribution in [0.25, 0.3) is 10.2 Å². The van der Waals surface area contributed by atoms with Crippen LogP contribution in [0.5, 0.6) is 0 Å². The van der Waals surface area contributed by atoms with Gasteiger partial charge in [0.25, 0.3) is 0 Å². The predicted molar refractivity (Wildman–Crippen MR) is 85.0 cm³/mol. The second kappa shape index (κ2) is 6.21. The quantitative estimate of drug-likeness (QED) is 0.630. The van der Waals surface area contributed by atoms with Gasteiger partial charge in [0.2, 0.25) is 0 Å².